The number of nitrogens with zero attached hydrogens (tertiary/aromatic N) is 1. The van der Waals surface area contributed by atoms with Gasteiger partial charge >= 0.3 is 5.97 Å². The van der Waals surface area contributed by atoms with Crippen molar-refractivity contribution in [1.29, 1.82) is 0 Å². The number of methoxy groups -OCH3 is 1. The highest BCUT2D eigenvalue weighted by atomic mass is 16.5. The van der Waals surface area contributed by atoms with Crippen LogP contribution in [0.1, 0.15) is 18.9 Å². The second kappa shape index (κ2) is 9.23. The van der Waals surface area contributed by atoms with Crippen LogP contribution in [0, 0.1) is 5.92 Å². The Morgan fingerprint density at radius 1 is 1.17 bits per heavy atom. The SMILES string of the molecule is CCc1ccccc1NC(=O)COC(=O)[C@H]1CC(=O)N(c2cccc(OC)c2)C1. The lowest BCUT2D eigenvalue weighted by Crippen LogP contribution is -2.28. The molecule has 1 atom stereocenters. The first kappa shape index (κ1) is 20.4. The quantitative estimate of drug-likeness (QED) is 0.728. The predicted octanol–water partition coefficient (Wildman–Crippen LogP) is 2.79. The van der Waals surface area contributed by atoms with E-state index in [2.05, 4.69) is 5.32 Å². The van der Waals surface area contributed by atoms with Gasteiger partial charge in [-0.3, -0.25) is 14.4 Å². The van der Waals surface area contributed by atoms with Crippen molar-refractivity contribution in [1.82, 2.24) is 0 Å². The van der Waals surface area contributed by atoms with Crippen LogP contribution in [-0.2, 0) is 25.5 Å². The van der Waals surface area contributed by atoms with E-state index in [4.69, 9.17) is 9.47 Å². The Labute approximate surface area is 169 Å². The van der Waals surface area contributed by atoms with E-state index in [1.54, 1.807) is 37.4 Å². The number of para-hydroxylation sites is 1. The average Bonchev–Trinajstić information content (AvgIpc) is 3.14. The summed E-state index contributed by atoms with van der Waals surface area (Å²) in [6.45, 7) is 1.82. The van der Waals surface area contributed by atoms with E-state index in [9.17, 15) is 14.4 Å². The number of aryl methyl sites for hydroxylation is 1. The first-order valence-corrected chi connectivity index (χ1v) is 9.50. The number of hydrogen-bond donors (Lipinski definition) is 1. The summed E-state index contributed by atoms with van der Waals surface area (Å²) in [6.07, 6.45) is 0.830. The molecule has 1 aliphatic rings. The predicted molar refractivity (Wildman–Crippen MR) is 109 cm³/mol. The van der Waals surface area contributed by atoms with E-state index in [1.165, 1.54) is 4.90 Å². The number of anilines is 2. The first-order chi connectivity index (χ1) is 14.0. The van der Waals surface area contributed by atoms with E-state index < -0.39 is 17.8 Å². The van der Waals surface area contributed by atoms with Crippen molar-refractivity contribution in [2.45, 2.75) is 19.8 Å². The average molecular weight is 396 g/mol. The first-order valence-electron chi connectivity index (χ1n) is 9.50. The number of hydrogen-bond acceptors (Lipinski definition) is 5. The van der Waals surface area contributed by atoms with Crippen molar-refractivity contribution < 1.29 is 23.9 Å². The van der Waals surface area contributed by atoms with Crippen LogP contribution in [0.15, 0.2) is 48.5 Å². The zero-order valence-electron chi connectivity index (χ0n) is 16.5. The van der Waals surface area contributed by atoms with Crippen molar-refractivity contribution in [2.75, 3.05) is 30.5 Å². The van der Waals surface area contributed by atoms with Gasteiger partial charge in [-0.15, -0.1) is 0 Å². The van der Waals surface area contributed by atoms with Gasteiger partial charge in [0.1, 0.15) is 5.75 Å². The van der Waals surface area contributed by atoms with Crippen LogP contribution in [0.5, 0.6) is 5.75 Å². The lowest BCUT2D eigenvalue weighted by Gasteiger charge is -2.17. The van der Waals surface area contributed by atoms with E-state index >= 15 is 0 Å². The molecule has 0 aromatic heterocycles. The third-order valence-electron chi connectivity index (χ3n) is 4.84. The number of rotatable bonds is 7. The molecule has 152 valence electrons. The summed E-state index contributed by atoms with van der Waals surface area (Å²) < 4.78 is 10.3. The molecule has 29 heavy (non-hydrogen) atoms. The Bertz CT molecular complexity index is 912. The summed E-state index contributed by atoms with van der Waals surface area (Å²) in [7, 11) is 1.55. The molecule has 2 aromatic carbocycles. The van der Waals surface area contributed by atoms with Gasteiger partial charge in [-0.05, 0) is 30.2 Å². The molecule has 0 unspecified atom stereocenters. The topological polar surface area (TPSA) is 84.9 Å². The van der Waals surface area contributed by atoms with E-state index in [0.29, 0.717) is 17.1 Å². The van der Waals surface area contributed by atoms with Crippen molar-refractivity contribution in [2.24, 2.45) is 5.92 Å². The normalized spacial score (nSPS) is 15.9. The summed E-state index contributed by atoms with van der Waals surface area (Å²) in [5.41, 5.74) is 2.37. The number of carbonyl (C=O) groups excluding carboxylic acids is 3. The monoisotopic (exact) mass is 396 g/mol. The Morgan fingerprint density at radius 3 is 2.72 bits per heavy atom. The summed E-state index contributed by atoms with van der Waals surface area (Å²) in [5, 5.41) is 2.76. The van der Waals surface area contributed by atoms with E-state index in [-0.39, 0.29) is 25.5 Å². The number of ether oxygens (including phenoxy) is 2. The fourth-order valence-corrected chi connectivity index (χ4v) is 3.28. The fourth-order valence-electron chi connectivity index (χ4n) is 3.28. The van der Waals surface area contributed by atoms with Crippen molar-refractivity contribution >= 4 is 29.2 Å². The maximum Gasteiger partial charge on any atom is 0.311 e. The van der Waals surface area contributed by atoms with E-state index in [0.717, 1.165) is 12.0 Å². The molecular formula is C22H24N2O5. The molecule has 1 saturated heterocycles. The molecule has 0 aliphatic carbocycles. The molecule has 1 fully saturated rings. The van der Waals surface area contributed by atoms with Gasteiger partial charge in [0.25, 0.3) is 5.91 Å². The standard InChI is InChI=1S/C22H24N2O5/c1-3-15-7-4-5-10-19(15)23-20(25)14-29-22(27)16-11-21(26)24(13-16)17-8-6-9-18(12-17)28-2/h4-10,12,16H,3,11,13-14H2,1-2H3,(H,23,25)/t16-/m0/s1. The molecule has 1 N–H and O–H groups in total. The highest BCUT2D eigenvalue weighted by Gasteiger charge is 2.36. The van der Waals surface area contributed by atoms with Gasteiger partial charge in [-0.25, -0.2) is 0 Å². The fraction of sp³-hybridized carbons (Fsp3) is 0.318. The second-order valence-corrected chi connectivity index (χ2v) is 6.77. The van der Waals surface area contributed by atoms with Crippen LogP contribution in [0.4, 0.5) is 11.4 Å². The summed E-state index contributed by atoms with van der Waals surface area (Å²) in [6, 6.07) is 14.6. The van der Waals surface area contributed by atoms with Crippen molar-refractivity contribution in [3.8, 4) is 5.75 Å². The number of esters is 1. The molecule has 1 aliphatic heterocycles. The molecule has 0 bridgehead atoms. The molecule has 7 nitrogen and oxygen atoms in total. The molecule has 2 amide bonds. The minimum absolute atomic E-state index is 0.0519. The number of carbonyl (C=O) groups is 3. The third-order valence-corrected chi connectivity index (χ3v) is 4.84. The zero-order valence-corrected chi connectivity index (χ0v) is 16.5. The summed E-state index contributed by atoms with van der Waals surface area (Å²) >= 11 is 0. The molecule has 7 heteroatoms. The van der Waals surface area contributed by atoms with Gasteiger partial charge < -0.3 is 19.7 Å². The molecule has 2 aromatic rings. The van der Waals surface area contributed by atoms with Gasteiger partial charge in [0.2, 0.25) is 5.91 Å². The lowest BCUT2D eigenvalue weighted by molar-refractivity contribution is -0.151. The van der Waals surface area contributed by atoms with E-state index in [1.807, 2.05) is 25.1 Å². The van der Waals surface area contributed by atoms with Crippen LogP contribution in [-0.4, -0.2) is 38.0 Å². The molecular weight excluding hydrogens is 372 g/mol. The minimum Gasteiger partial charge on any atom is -0.497 e. The highest BCUT2D eigenvalue weighted by Crippen LogP contribution is 2.28. The maximum absolute atomic E-state index is 12.4. The summed E-state index contributed by atoms with van der Waals surface area (Å²) in [4.78, 5) is 38.4. The number of benzene rings is 2. The smallest absolute Gasteiger partial charge is 0.311 e. The zero-order chi connectivity index (χ0) is 20.8. The van der Waals surface area contributed by atoms with Crippen LogP contribution in [0.3, 0.4) is 0 Å². The minimum atomic E-state index is -0.607. The van der Waals surface area contributed by atoms with Gasteiger partial charge in [-0.1, -0.05) is 31.2 Å². The Hall–Kier alpha value is -3.35. The highest BCUT2D eigenvalue weighted by molar-refractivity contribution is 6.00. The van der Waals surface area contributed by atoms with Gasteiger partial charge in [0.05, 0.1) is 13.0 Å². The molecule has 0 radical (unpaired) electrons. The second-order valence-electron chi connectivity index (χ2n) is 6.77. The van der Waals surface area contributed by atoms with Crippen molar-refractivity contribution in [3.63, 3.8) is 0 Å². The van der Waals surface area contributed by atoms with Gasteiger partial charge in [0.15, 0.2) is 6.61 Å². The van der Waals surface area contributed by atoms with Crippen molar-refractivity contribution in [3.05, 3.63) is 54.1 Å². The number of nitrogens with one attached hydrogen (secondary N) is 1. The Morgan fingerprint density at radius 2 is 1.97 bits per heavy atom. The number of amides is 2. The lowest BCUT2D eigenvalue weighted by atomic mass is 10.1. The van der Waals surface area contributed by atoms with Gasteiger partial charge in [-0.2, -0.15) is 0 Å². The maximum atomic E-state index is 12.4. The largest absolute Gasteiger partial charge is 0.497 e. The molecule has 3 rings (SSSR count). The summed E-state index contributed by atoms with van der Waals surface area (Å²) in [5.74, 6) is -1.10. The van der Waals surface area contributed by atoms with Crippen LogP contribution >= 0.6 is 0 Å². The van der Waals surface area contributed by atoms with Gasteiger partial charge in [0, 0.05) is 30.4 Å². The van der Waals surface area contributed by atoms with Crippen LogP contribution < -0.4 is 15.0 Å². The van der Waals surface area contributed by atoms with Crippen LogP contribution in [0.25, 0.3) is 0 Å². The molecule has 0 spiro atoms. The third kappa shape index (κ3) is 4.93. The Kier molecular flexibility index (Phi) is 6.49. The van der Waals surface area contributed by atoms with Crippen LogP contribution in [0.2, 0.25) is 0 Å². The molecule has 1 heterocycles. The Balaban J connectivity index is 1.54. The molecule has 0 saturated carbocycles.